The summed E-state index contributed by atoms with van der Waals surface area (Å²) in [5.74, 6) is -0.121. The molecule has 0 aromatic heterocycles. The highest BCUT2D eigenvalue weighted by Crippen LogP contribution is 2.39. The van der Waals surface area contributed by atoms with Crippen molar-refractivity contribution in [1.82, 2.24) is 4.90 Å². The molecule has 0 aliphatic carbocycles. The van der Waals surface area contributed by atoms with Crippen LogP contribution in [0.4, 0.5) is 17.1 Å². The van der Waals surface area contributed by atoms with E-state index in [1.807, 2.05) is 35.2 Å². The van der Waals surface area contributed by atoms with Crippen molar-refractivity contribution in [2.75, 3.05) is 42.5 Å². The van der Waals surface area contributed by atoms with Crippen molar-refractivity contribution in [1.29, 1.82) is 5.26 Å². The third-order valence-electron chi connectivity index (χ3n) is 7.01. The number of carbonyl (C=O) groups is 1. The average molecular weight is 431 g/mol. The van der Waals surface area contributed by atoms with Crippen LogP contribution in [0.25, 0.3) is 0 Å². The number of rotatable bonds is 3. The number of fused-ring (bicyclic) bond motifs is 3. The first-order valence-electron chi connectivity index (χ1n) is 11.1. The molecule has 8 nitrogen and oxygen atoms in total. The third-order valence-corrected chi connectivity index (χ3v) is 7.01. The van der Waals surface area contributed by atoms with Crippen LogP contribution in [0, 0.1) is 27.4 Å². The molecule has 3 aliphatic rings. The quantitative estimate of drug-likeness (QED) is 0.548. The lowest BCUT2D eigenvalue weighted by Crippen LogP contribution is -2.61. The van der Waals surface area contributed by atoms with Gasteiger partial charge in [0.15, 0.2) is 0 Å². The predicted octanol–water partition coefficient (Wildman–Crippen LogP) is 2.96. The van der Waals surface area contributed by atoms with Crippen LogP contribution in [0.15, 0.2) is 42.5 Å². The van der Waals surface area contributed by atoms with Gasteiger partial charge in [-0.2, -0.15) is 5.26 Å². The highest BCUT2D eigenvalue weighted by Gasteiger charge is 2.43. The lowest BCUT2D eigenvalue weighted by atomic mass is 9.82. The first-order valence-corrected chi connectivity index (χ1v) is 11.1. The maximum Gasteiger partial charge on any atom is 0.269 e. The number of amides is 1. The molecule has 0 bridgehead atoms. The van der Waals surface area contributed by atoms with Crippen LogP contribution in [-0.2, 0) is 11.2 Å². The Hall–Kier alpha value is -3.60. The van der Waals surface area contributed by atoms with Crippen LogP contribution in [0.1, 0.15) is 24.0 Å². The minimum Gasteiger partial charge on any atom is -0.367 e. The molecule has 0 N–H and O–H groups in total. The molecule has 2 saturated heterocycles. The molecule has 2 aromatic carbocycles. The van der Waals surface area contributed by atoms with Crippen molar-refractivity contribution < 1.29 is 9.72 Å². The molecule has 0 saturated carbocycles. The van der Waals surface area contributed by atoms with Crippen LogP contribution in [-0.4, -0.2) is 54.5 Å². The number of nitrogens with zero attached hydrogens (tertiary/aromatic N) is 5. The van der Waals surface area contributed by atoms with Gasteiger partial charge in [0.2, 0.25) is 5.91 Å². The van der Waals surface area contributed by atoms with Gasteiger partial charge in [0.05, 0.1) is 28.1 Å². The Balaban J connectivity index is 1.51. The zero-order valence-corrected chi connectivity index (χ0v) is 17.8. The second-order valence-electron chi connectivity index (χ2n) is 8.75. The minimum absolute atomic E-state index is 0.0439. The van der Waals surface area contributed by atoms with Gasteiger partial charge in [-0.15, -0.1) is 0 Å². The molecule has 3 aliphatic heterocycles. The second-order valence-corrected chi connectivity index (χ2v) is 8.75. The Morgan fingerprint density at radius 2 is 1.84 bits per heavy atom. The van der Waals surface area contributed by atoms with Gasteiger partial charge >= 0.3 is 0 Å². The molecular weight excluding hydrogens is 406 g/mol. The Kier molecular flexibility index (Phi) is 5.17. The fourth-order valence-corrected chi connectivity index (χ4v) is 5.44. The smallest absolute Gasteiger partial charge is 0.269 e. The number of para-hydroxylation sites is 1. The number of anilines is 2. The molecule has 2 aromatic rings. The van der Waals surface area contributed by atoms with E-state index in [2.05, 4.69) is 15.9 Å². The van der Waals surface area contributed by atoms with E-state index in [1.54, 1.807) is 12.1 Å². The van der Waals surface area contributed by atoms with Gasteiger partial charge < -0.3 is 14.7 Å². The van der Waals surface area contributed by atoms with Gasteiger partial charge in [0, 0.05) is 50.5 Å². The Bertz CT molecular complexity index is 1110. The lowest BCUT2D eigenvalue weighted by molar-refractivity contribution is -0.384. The number of hydrogen-bond acceptors (Lipinski definition) is 6. The summed E-state index contributed by atoms with van der Waals surface area (Å²) in [6, 6.07) is 14.8. The number of piperazine rings is 1. The van der Waals surface area contributed by atoms with Crippen molar-refractivity contribution in [2.24, 2.45) is 5.92 Å². The maximum atomic E-state index is 13.5. The normalized spacial score (nSPS) is 22.2. The number of carbonyl (C=O) groups excluding carboxylic acids is 1. The molecule has 0 spiro atoms. The monoisotopic (exact) mass is 431 g/mol. The fraction of sp³-hybridized carbons (Fsp3) is 0.417. The molecule has 0 unspecified atom stereocenters. The predicted molar refractivity (Wildman–Crippen MR) is 121 cm³/mol. The number of nitriles is 1. The molecule has 0 radical (unpaired) electrons. The molecule has 8 heteroatoms. The molecule has 2 fully saturated rings. The van der Waals surface area contributed by atoms with Crippen molar-refractivity contribution in [2.45, 2.75) is 25.3 Å². The van der Waals surface area contributed by atoms with Crippen molar-refractivity contribution in [3.8, 4) is 6.07 Å². The molecule has 3 heterocycles. The summed E-state index contributed by atoms with van der Waals surface area (Å²) >= 11 is 0. The van der Waals surface area contributed by atoms with Gasteiger partial charge in [-0.25, -0.2) is 0 Å². The van der Waals surface area contributed by atoms with E-state index in [1.165, 1.54) is 0 Å². The summed E-state index contributed by atoms with van der Waals surface area (Å²) in [4.78, 5) is 30.9. The number of hydrogen-bond donors (Lipinski definition) is 0. The fourth-order valence-electron chi connectivity index (χ4n) is 5.44. The van der Waals surface area contributed by atoms with E-state index >= 15 is 0 Å². The average Bonchev–Trinajstić information content (AvgIpc) is 3.37. The molecule has 2 atom stereocenters. The van der Waals surface area contributed by atoms with Gasteiger partial charge in [-0.1, -0.05) is 12.1 Å². The van der Waals surface area contributed by atoms with Crippen molar-refractivity contribution in [3.05, 3.63) is 63.7 Å². The Morgan fingerprint density at radius 1 is 1.06 bits per heavy atom. The number of benzene rings is 2. The summed E-state index contributed by atoms with van der Waals surface area (Å²) in [6.45, 7) is 3.62. The number of nitro groups is 1. The first-order chi connectivity index (χ1) is 15.6. The van der Waals surface area contributed by atoms with Gasteiger partial charge in [0.25, 0.3) is 5.69 Å². The Morgan fingerprint density at radius 3 is 2.59 bits per heavy atom. The number of likely N-dealkylation sites (tertiary alicyclic amines) is 1. The standard InChI is InChI=1S/C24H25N5O3/c25-15-17-5-1-2-6-21(17)27-11-12-28-22-8-7-19(29(31)32)13-18(22)14-20(23(28)16-27)24(30)26-9-3-4-10-26/h1-2,5-8,13,20,23H,3-4,9-12,14,16H2/t20-,23-/m0/s1. The first kappa shape index (κ1) is 20.3. The van der Waals surface area contributed by atoms with Crippen molar-refractivity contribution >= 4 is 23.0 Å². The second kappa shape index (κ2) is 8.15. The van der Waals surface area contributed by atoms with E-state index < -0.39 is 0 Å². The maximum absolute atomic E-state index is 13.5. The minimum atomic E-state index is -0.375. The zero-order chi connectivity index (χ0) is 22.2. The van der Waals surface area contributed by atoms with Crippen LogP contribution >= 0.6 is 0 Å². The van der Waals surface area contributed by atoms with Crippen LogP contribution in [0.5, 0.6) is 0 Å². The summed E-state index contributed by atoms with van der Waals surface area (Å²) in [5, 5.41) is 20.9. The van der Waals surface area contributed by atoms with E-state index in [0.29, 0.717) is 25.1 Å². The van der Waals surface area contributed by atoms with Gasteiger partial charge in [-0.3, -0.25) is 14.9 Å². The van der Waals surface area contributed by atoms with Crippen LogP contribution in [0.3, 0.4) is 0 Å². The van der Waals surface area contributed by atoms with Crippen LogP contribution in [0.2, 0.25) is 0 Å². The lowest BCUT2D eigenvalue weighted by Gasteiger charge is -2.50. The Labute approximate surface area is 186 Å². The number of nitro benzene ring substituents is 1. The summed E-state index contributed by atoms with van der Waals surface area (Å²) in [6.07, 6.45) is 2.55. The SMILES string of the molecule is N#Cc1ccccc1N1CCN2c3ccc([N+](=O)[O-])cc3C[C@H](C(=O)N3CCCC3)[C@@H]2C1. The highest BCUT2D eigenvalue weighted by atomic mass is 16.6. The molecular formula is C24H25N5O3. The van der Waals surface area contributed by atoms with Crippen LogP contribution < -0.4 is 9.80 Å². The molecule has 32 heavy (non-hydrogen) atoms. The summed E-state index contributed by atoms with van der Waals surface area (Å²) < 4.78 is 0. The van der Waals surface area contributed by atoms with E-state index in [9.17, 15) is 20.2 Å². The van der Waals surface area contributed by atoms with Gasteiger partial charge in [0.1, 0.15) is 6.07 Å². The largest absolute Gasteiger partial charge is 0.367 e. The molecule has 164 valence electrons. The zero-order valence-electron chi connectivity index (χ0n) is 17.8. The molecule has 5 rings (SSSR count). The topological polar surface area (TPSA) is 93.7 Å². The third kappa shape index (κ3) is 3.44. The summed E-state index contributed by atoms with van der Waals surface area (Å²) in [5.41, 5.74) is 3.46. The highest BCUT2D eigenvalue weighted by molar-refractivity contribution is 5.83. The number of non-ortho nitro benzene ring substituents is 1. The van der Waals surface area contributed by atoms with E-state index in [4.69, 9.17) is 0 Å². The molecule has 1 amide bonds. The van der Waals surface area contributed by atoms with Gasteiger partial charge in [-0.05, 0) is 43.0 Å². The van der Waals surface area contributed by atoms with E-state index in [0.717, 1.165) is 49.4 Å². The van der Waals surface area contributed by atoms with E-state index in [-0.39, 0.29) is 28.5 Å². The summed E-state index contributed by atoms with van der Waals surface area (Å²) in [7, 11) is 0. The van der Waals surface area contributed by atoms with Crippen molar-refractivity contribution in [3.63, 3.8) is 0 Å².